The van der Waals surface area contributed by atoms with Gasteiger partial charge >= 0.3 is 0 Å². The Hall–Kier alpha value is -0.420. The van der Waals surface area contributed by atoms with E-state index in [9.17, 15) is 9.00 Å². The van der Waals surface area contributed by atoms with E-state index in [1.807, 2.05) is 6.92 Å². The molecule has 0 spiro atoms. The van der Waals surface area contributed by atoms with E-state index in [1.165, 1.54) is 0 Å². The molecule has 1 amide bonds. The maximum absolute atomic E-state index is 11.6. The fraction of sp³-hybridized carbons (Fsp3) is 0.917. The van der Waals surface area contributed by atoms with Gasteiger partial charge in [0, 0.05) is 34.4 Å². The van der Waals surface area contributed by atoms with Gasteiger partial charge in [-0.25, -0.2) is 0 Å². The van der Waals surface area contributed by atoms with Crippen molar-refractivity contribution in [2.24, 2.45) is 0 Å². The number of carbonyl (C=O) groups excluding carboxylic acids is 1. The molecular formula is C12H24N2O2S. The Morgan fingerprint density at radius 3 is 2.65 bits per heavy atom. The van der Waals surface area contributed by atoms with Crippen LogP contribution < -0.4 is 10.6 Å². The number of rotatable bonds is 6. The molecule has 1 aliphatic rings. The van der Waals surface area contributed by atoms with Crippen molar-refractivity contribution >= 4 is 16.7 Å². The first-order chi connectivity index (χ1) is 8.11. The zero-order chi connectivity index (χ0) is 12.7. The van der Waals surface area contributed by atoms with E-state index in [-0.39, 0.29) is 11.9 Å². The lowest BCUT2D eigenvalue weighted by atomic mass is 10.1. The Morgan fingerprint density at radius 1 is 1.41 bits per heavy atom. The van der Waals surface area contributed by atoms with Gasteiger partial charge in [-0.1, -0.05) is 13.3 Å². The number of amides is 1. The summed E-state index contributed by atoms with van der Waals surface area (Å²) in [5, 5.41) is 6.21. The second-order valence-electron chi connectivity index (χ2n) is 4.76. The molecule has 1 rings (SSSR count). The molecule has 1 unspecified atom stereocenters. The molecular weight excluding hydrogens is 236 g/mol. The summed E-state index contributed by atoms with van der Waals surface area (Å²) in [5.74, 6) is 1.61. The predicted molar refractivity (Wildman–Crippen MR) is 71.4 cm³/mol. The van der Waals surface area contributed by atoms with Gasteiger partial charge in [0.2, 0.25) is 5.91 Å². The summed E-state index contributed by atoms with van der Waals surface area (Å²) in [4.78, 5) is 11.6. The van der Waals surface area contributed by atoms with Crippen LogP contribution in [0.4, 0.5) is 0 Å². The summed E-state index contributed by atoms with van der Waals surface area (Å²) in [7, 11) is -0.628. The average Bonchev–Trinajstić information content (AvgIpc) is 2.28. The highest BCUT2D eigenvalue weighted by Gasteiger charge is 2.18. The van der Waals surface area contributed by atoms with Gasteiger partial charge in [0.05, 0.1) is 6.54 Å². The summed E-state index contributed by atoms with van der Waals surface area (Å²) >= 11 is 0. The Labute approximate surface area is 106 Å². The minimum Gasteiger partial charge on any atom is -0.353 e. The number of hydrogen-bond acceptors (Lipinski definition) is 3. The van der Waals surface area contributed by atoms with Crippen LogP contribution in [0.2, 0.25) is 0 Å². The quantitative estimate of drug-likeness (QED) is 0.742. The Morgan fingerprint density at radius 2 is 2.06 bits per heavy atom. The second-order valence-corrected chi connectivity index (χ2v) is 6.46. The van der Waals surface area contributed by atoms with Gasteiger partial charge in [0.25, 0.3) is 0 Å². The van der Waals surface area contributed by atoms with Crippen LogP contribution in [0, 0.1) is 0 Å². The van der Waals surface area contributed by atoms with Crippen LogP contribution in [0.15, 0.2) is 0 Å². The highest BCUT2D eigenvalue weighted by atomic mass is 32.2. The number of hydrogen-bond donors (Lipinski definition) is 2. The molecule has 5 heteroatoms. The van der Waals surface area contributed by atoms with Crippen molar-refractivity contribution in [1.29, 1.82) is 0 Å². The van der Waals surface area contributed by atoms with Crippen LogP contribution in [0.5, 0.6) is 0 Å². The second kappa shape index (κ2) is 7.82. The van der Waals surface area contributed by atoms with Crippen LogP contribution in [-0.2, 0) is 15.6 Å². The van der Waals surface area contributed by atoms with E-state index in [0.29, 0.717) is 12.6 Å². The third-order valence-corrected chi connectivity index (χ3v) is 4.45. The van der Waals surface area contributed by atoms with Crippen LogP contribution in [-0.4, -0.2) is 40.3 Å². The molecule has 0 saturated carbocycles. The smallest absolute Gasteiger partial charge is 0.234 e. The summed E-state index contributed by atoms with van der Waals surface area (Å²) in [6, 6.07) is 0.619. The highest BCUT2D eigenvalue weighted by molar-refractivity contribution is 7.85. The summed E-state index contributed by atoms with van der Waals surface area (Å²) in [5.41, 5.74) is 0. The van der Waals surface area contributed by atoms with Crippen molar-refractivity contribution in [1.82, 2.24) is 10.6 Å². The Bertz CT molecular complexity index is 261. The van der Waals surface area contributed by atoms with Crippen LogP contribution in [0.25, 0.3) is 0 Å². The standard InChI is InChI=1S/C12H24N2O2S/c1-3-4-10(2)14-12(15)9-13-11-5-7-17(16)8-6-11/h10-11,13H,3-9H2,1-2H3,(H,14,15). The van der Waals surface area contributed by atoms with Crippen molar-refractivity contribution in [3.8, 4) is 0 Å². The van der Waals surface area contributed by atoms with Gasteiger partial charge in [-0.2, -0.15) is 0 Å². The largest absolute Gasteiger partial charge is 0.353 e. The highest BCUT2D eigenvalue weighted by Crippen LogP contribution is 2.08. The minimum absolute atomic E-state index is 0.0673. The van der Waals surface area contributed by atoms with E-state index >= 15 is 0 Å². The Balaban J connectivity index is 2.13. The normalized spacial score (nSPS) is 26.5. The van der Waals surface area contributed by atoms with Crippen molar-refractivity contribution in [3.05, 3.63) is 0 Å². The zero-order valence-corrected chi connectivity index (χ0v) is 11.6. The van der Waals surface area contributed by atoms with Crippen molar-refractivity contribution in [2.75, 3.05) is 18.1 Å². The molecule has 1 heterocycles. The van der Waals surface area contributed by atoms with Gasteiger partial charge in [-0.15, -0.1) is 0 Å². The predicted octanol–water partition coefficient (Wildman–Crippen LogP) is 0.792. The first kappa shape index (κ1) is 14.6. The van der Waals surface area contributed by atoms with E-state index in [1.54, 1.807) is 0 Å². The topological polar surface area (TPSA) is 58.2 Å². The summed E-state index contributed by atoms with van der Waals surface area (Å²) < 4.78 is 11.2. The first-order valence-electron chi connectivity index (χ1n) is 6.49. The van der Waals surface area contributed by atoms with Gasteiger partial charge in [-0.3, -0.25) is 9.00 Å². The molecule has 0 radical (unpaired) electrons. The molecule has 0 aromatic carbocycles. The van der Waals surface area contributed by atoms with E-state index < -0.39 is 10.8 Å². The molecule has 0 aliphatic carbocycles. The van der Waals surface area contributed by atoms with Crippen LogP contribution in [0.3, 0.4) is 0 Å². The number of carbonyl (C=O) groups is 1. The van der Waals surface area contributed by atoms with Crippen LogP contribution in [0.1, 0.15) is 39.5 Å². The first-order valence-corrected chi connectivity index (χ1v) is 7.98. The fourth-order valence-corrected chi connectivity index (χ4v) is 3.36. The molecule has 4 nitrogen and oxygen atoms in total. The molecule has 1 aliphatic heterocycles. The van der Waals surface area contributed by atoms with Crippen molar-refractivity contribution in [3.63, 3.8) is 0 Å². The maximum atomic E-state index is 11.6. The molecule has 1 saturated heterocycles. The van der Waals surface area contributed by atoms with Gasteiger partial charge in [0.1, 0.15) is 0 Å². The maximum Gasteiger partial charge on any atom is 0.234 e. The monoisotopic (exact) mass is 260 g/mol. The van der Waals surface area contributed by atoms with Gasteiger partial charge < -0.3 is 10.6 Å². The molecule has 1 fully saturated rings. The van der Waals surface area contributed by atoms with E-state index in [4.69, 9.17) is 0 Å². The summed E-state index contributed by atoms with van der Waals surface area (Å²) in [6.45, 7) is 4.53. The molecule has 17 heavy (non-hydrogen) atoms. The van der Waals surface area contributed by atoms with E-state index in [2.05, 4.69) is 17.6 Å². The minimum atomic E-state index is -0.628. The van der Waals surface area contributed by atoms with Gasteiger partial charge in [0.15, 0.2) is 0 Å². The van der Waals surface area contributed by atoms with E-state index in [0.717, 1.165) is 37.2 Å². The average molecular weight is 260 g/mol. The van der Waals surface area contributed by atoms with Gasteiger partial charge in [-0.05, 0) is 26.2 Å². The molecule has 0 aromatic rings. The van der Waals surface area contributed by atoms with Crippen LogP contribution >= 0.6 is 0 Å². The third-order valence-electron chi connectivity index (χ3n) is 3.07. The third kappa shape index (κ3) is 6.17. The molecule has 2 N–H and O–H groups in total. The van der Waals surface area contributed by atoms with Crippen molar-refractivity contribution < 1.29 is 9.00 Å². The molecule has 0 aromatic heterocycles. The fourth-order valence-electron chi connectivity index (χ4n) is 2.07. The lowest BCUT2D eigenvalue weighted by Gasteiger charge is -2.22. The lowest BCUT2D eigenvalue weighted by molar-refractivity contribution is -0.121. The summed E-state index contributed by atoms with van der Waals surface area (Å²) in [6.07, 6.45) is 3.95. The molecule has 0 bridgehead atoms. The molecule has 100 valence electrons. The Kier molecular flexibility index (Phi) is 6.73. The molecule has 1 atom stereocenters. The lowest BCUT2D eigenvalue weighted by Crippen LogP contribution is -2.44. The number of nitrogens with one attached hydrogen (secondary N) is 2. The zero-order valence-electron chi connectivity index (χ0n) is 10.8. The van der Waals surface area contributed by atoms with Crippen molar-refractivity contribution in [2.45, 2.75) is 51.6 Å². The SMILES string of the molecule is CCCC(C)NC(=O)CNC1CCS(=O)CC1.